The van der Waals surface area contributed by atoms with E-state index in [-0.39, 0.29) is 0 Å². The molecule has 1 unspecified atom stereocenters. The van der Waals surface area contributed by atoms with Crippen LogP contribution in [-0.2, 0) is 0 Å². The maximum atomic E-state index is 10.6. The van der Waals surface area contributed by atoms with Crippen LogP contribution in [0.4, 0.5) is 4.79 Å². The van der Waals surface area contributed by atoms with Gasteiger partial charge in [-0.15, -0.1) is 0 Å². The summed E-state index contributed by atoms with van der Waals surface area (Å²) >= 11 is 0. The fourth-order valence-electron chi connectivity index (χ4n) is 1.37. The molecule has 1 aliphatic carbocycles. The third-order valence-electron chi connectivity index (χ3n) is 2.12. The normalized spacial score (nSPS) is 26.2. The van der Waals surface area contributed by atoms with E-state index in [1.165, 1.54) is 11.4 Å². The number of amides is 2. The average Bonchev–Trinajstić information content (AvgIpc) is 2.35. The van der Waals surface area contributed by atoms with Gasteiger partial charge >= 0.3 is 6.03 Å². The van der Waals surface area contributed by atoms with Gasteiger partial charge in [0.1, 0.15) is 0 Å². The molecule has 0 radical (unpaired) electrons. The Balaban J connectivity index is 2.52. The zero-order valence-electron chi connectivity index (χ0n) is 7.58. The van der Waals surface area contributed by atoms with Gasteiger partial charge in [0.2, 0.25) is 0 Å². The molecule has 1 aliphatic rings. The molecular formula is C8H15N3O. The van der Waals surface area contributed by atoms with Crippen LogP contribution in [0.2, 0.25) is 0 Å². The van der Waals surface area contributed by atoms with Gasteiger partial charge in [-0.1, -0.05) is 6.92 Å². The van der Waals surface area contributed by atoms with Crippen molar-refractivity contribution in [2.75, 3.05) is 7.05 Å². The van der Waals surface area contributed by atoms with Crippen LogP contribution in [0.15, 0.2) is 5.10 Å². The van der Waals surface area contributed by atoms with E-state index in [2.05, 4.69) is 12.0 Å². The van der Waals surface area contributed by atoms with Gasteiger partial charge in [-0.2, -0.15) is 5.10 Å². The lowest BCUT2D eigenvalue weighted by molar-refractivity contribution is 0.220. The molecule has 1 saturated carbocycles. The van der Waals surface area contributed by atoms with Crippen molar-refractivity contribution in [1.82, 2.24) is 5.01 Å². The van der Waals surface area contributed by atoms with Crippen LogP contribution >= 0.6 is 0 Å². The van der Waals surface area contributed by atoms with Gasteiger partial charge in [0.25, 0.3) is 0 Å². The Morgan fingerprint density at radius 2 is 2.42 bits per heavy atom. The van der Waals surface area contributed by atoms with Crippen LogP contribution in [0.3, 0.4) is 0 Å². The van der Waals surface area contributed by atoms with Crippen LogP contribution in [0, 0.1) is 5.92 Å². The van der Waals surface area contributed by atoms with Gasteiger partial charge in [-0.25, -0.2) is 9.80 Å². The predicted octanol–water partition coefficient (Wildman–Crippen LogP) is 1.17. The van der Waals surface area contributed by atoms with E-state index >= 15 is 0 Å². The minimum absolute atomic E-state index is 0.498. The molecule has 1 fully saturated rings. The Morgan fingerprint density at radius 3 is 2.83 bits per heavy atom. The van der Waals surface area contributed by atoms with Crippen molar-refractivity contribution in [1.29, 1.82) is 0 Å². The highest BCUT2D eigenvalue weighted by Crippen LogP contribution is 2.22. The Kier molecular flexibility index (Phi) is 2.68. The largest absolute Gasteiger partial charge is 0.350 e. The molecule has 0 aromatic heterocycles. The van der Waals surface area contributed by atoms with E-state index in [0.717, 1.165) is 18.6 Å². The molecule has 12 heavy (non-hydrogen) atoms. The van der Waals surface area contributed by atoms with Crippen molar-refractivity contribution in [3.8, 4) is 0 Å². The number of carbonyl (C=O) groups is 1. The number of hydrogen-bond donors (Lipinski definition) is 1. The number of urea groups is 1. The minimum atomic E-state index is -0.498. The van der Waals surface area contributed by atoms with E-state index in [9.17, 15) is 4.79 Å². The first-order chi connectivity index (χ1) is 5.59. The lowest BCUT2D eigenvalue weighted by Crippen LogP contribution is -2.28. The highest BCUT2D eigenvalue weighted by atomic mass is 16.2. The third-order valence-corrected chi connectivity index (χ3v) is 2.12. The number of hydrazone groups is 1. The van der Waals surface area contributed by atoms with E-state index in [1.54, 1.807) is 7.05 Å². The highest BCUT2D eigenvalue weighted by molar-refractivity contribution is 5.87. The fourth-order valence-corrected chi connectivity index (χ4v) is 1.37. The summed E-state index contributed by atoms with van der Waals surface area (Å²) in [6, 6.07) is -0.498. The summed E-state index contributed by atoms with van der Waals surface area (Å²) in [7, 11) is 1.58. The summed E-state index contributed by atoms with van der Waals surface area (Å²) in [4.78, 5) is 10.6. The molecule has 0 heterocycles. The first-order valence-electron chi connectivity index (χ1n) is 4.19. The molecule has 1 atom stereocenters. The summed E-state index contributed by atoms with van der Waals surface area (Å²) < 4.78 is 0. The Hall–Kier alpha value is -1.06. The first-order valence-corrected chi connectivity index (χ1v) is 4.19. The Morgan fingerprint density at radius 1 is 1.75 bits per heavy atom. The van der Waals surface area contributed by atoms with Gasteiger partial charge in [0.05, 0.1) is 0 Å². The zero-order valence-corrected chi connectivity index (χ0v) is 7.58. The molecule has 0 aromatic rings. The van der Waals surface area contributed by atoms with E-state index in [1.807, 2.05) is 0 Å². The number of rotatable bonds is 1. The standard InChI is InChI=1S/C8H15N3O/c1-6-3-4-7(5-6)10-11(2)8(9)12/h6H,3-5H2,1-2H3,(H2,9,12)/b10-7-. The molecule has 68 valence electrons. The summed E-state index contributed by atoms with van der Waals surface area (Å²) in [5, 5.41) is 5.30. The van der Waals surface area contributed by atoms with E-state index in [4.69, 9.17) is 5.73 Å². The molecule has 2 N–H and O–H groups in total. The Bertz CT molecular complexity index is 212. The van der Waals surface area contributed by atoms with Gasteiger partial charge in [-0.05, 0) is 25.2 Å². The quantitative estimate of drug-likeness (QED) is 0.588. The van der Waals surface area contributed by atoms with Gasteiger partial charge in [0.15, 0.2) is 0 Å². The zero-order chi connectivity index (χ0) is 9.14. The van der Waals surface area contributed by atoms with Crippen molar-refractivity contribution < 1.29 is 4.79 Å². The molecule has 4 nitrogen and oxygen atoms in total. The molecule has 0 aliphatic heterocycles. The van der Waals surface area contributed by atoms with Crippen LogP contribution in [0.1, 0.15) is 26.2 Å². The Labute approximate surface area is 72.4 Å². The second-order valence-corrected chi connectivity index (χ2v) is 3.38. The van der Waals surface area contributed by atoms with Gasteiger partial charge in [0, 0.05) is 12.8 Å². The molecule has 1 rings (SSSR count). The van der Waals surface area contributed by atoms with Crippen molar-refractivity contribution >= 4 is 11.7 Å². The lowest BCUT2D eigenvalue weighted by atomic mass is 10.1. The van der Waals surface area contributed by atoms with E-state index < -0.39 is 6.03 Å². The lowest BCUT2D eigenvalue weighted by Gasteiger charge is -2.07. The first kappa shape index (κ1) is 9.03. The second-order valence-electron chi connectivity index (χ2n) is 3.38. The summed E-state index contributed by atoms with van der Waals surface area (Å²) in [6.07, 6.45) is 3.17. The van der Waals surface area contributed by atoms with Crippen molar-refractivity contribution in [2.24, 2.45) is 16.8 Å². The maximum Gasteiger partial charge on any atom is 0.334 e. The summed E-state index contributed by atoms with van der Waals surface area (Å²) in [6.45, 7) is 2.19. The van der Waals surface area contributed by atoms with Crippen LogP contribution in [0.25, 0.3) is 0 Å². The molecule has 2 amide bonds. The SMILES string of the molecule is CC1CC/C(=N/N(C)C(N)=O)C1. The fraction of sp³-hybridized carbons (Fsp3) is 0.750. The topological polar surface area (TPSA) is 58.7 Å². The summed E-state index contributed by atoms with van der Waals surface area (Å²) in [5.41, 5.74) is 6.12. The molecule has 0 bridgehead atoms. The monoisotopic (exact) mass is 169 g/mol. The number of nitrogens with two attached hydrogens (primary N) is 1. The van der Waals surface area contributed by atoms with Crippen LogP contribution in [-0.4, -0.2) is 23.8 Å². The van der Waals surface area contributed by atoms with Gasteiger partial charge < -0.3 is 5.73 Å². The minimum Gasteiger partial charge on any atom is -0.350 e. The molecule has 0 spiro atoms. The number of primary amides is 1. The number of nitrogens with zero attached hydrogens (tertiary/aromatic N) is 2. The smallest absolute Gasteiger partial charge is 0.334 e. The predicted molar refractivity (Wildman–Crippen MR) is 47.8 cm³/mol. The average molecular weight is 169 g/mol. The van der Waals surface area contributed by atoms with Crippen molar-refractivity contribution in [3.05, 3.63) is 0 Å². The number of hydrogen-bond acceptors (Lipinski definition) is 2. The van der Waals surface area contributed by atoms with Crippen LogP contribution < -0.4 is 5.73 Å². The highest BCUT2D eigenvalue weighted by Gasteiger charge is 2.17. The third kappa shape index (κ3) is 2.22. The van der Waals surface area contributed by atoms with Crippen molar-refractivity contribution in [3.63, 3.8) is 0 Å². The number of carbonyl (C=O) groups excluding carboxylic acids is 1. The summed E-state index contributed by atoms with van der Waals surface area (Å²) in [5.74, 6) is 0.699. The molecule has 0 aromatic carbocycles. The molecule has 0 saturated heterocycles. The van der Waals surface area contributed by atoms with Gasteiger partial charge in [-0.3, -0.25) is 0 Å². The molecular weight excluding hydrogens is 154 g/mol. The van der Waals surface area contributed by atoms with E-state index in [0.29, 0.717) is 5.92 Å². The second kappa shape index (κ2) is 3.56. The molecule has 4 heteroatoms. The van der Waals surface area contributed by atoms with Crippen molar-refractivity contribution in [2.45, 2.75) is 26.2 Å². The van der Waals surface area contributed by atoms with Crippen LogP contribution in [0.5, 0.6) is 0 Å². The maximum absolute atomic E-state index is 10.6.